The quantitative estimate of drug-likeness (QED) is 0.817. The Balaban J connectivity index is 1.82. The number of benzene rings is 1. The summed E-state index contributed by atoms with van der Waals surface area (Å²) < 4.78 is 10.8. The van der Waals surface area contributed by atoms with Crippen molar-refractivity contribution in [2.75, 3.05) is 6.54 Å². The van der Waals surface area contributed by atoms with Gasteiger partial charge in [-0.1, -0.05) is 18.2 Å². The van der Waals surface area contributed by atoms with Crippen molar-refractivity contribution < 1.29 is 23.8 Å². The molecule has 2 heterocycles. The Morgan fingerprint density at radius 2 is 2.04 bits per heavy atom. The van der Waals surface area contributed by atoms with Crippen LogP contribution in [0.1, 0.15) is 32.4 Å². The van der Waals surface area contributed by atoms with Crippen LogP contribution in [0.4, 0.5) is 0 Å². The number of furan rings is 1. The van der Waals surface area contributed by atoms with Crippen molar-refractivity contribution in [3.8, 4) is 0 Å². The summed E-state index contributed by atoms with van der Waals surface area (Å²) in [4.78, 5) is 25.6. The molecule has 2 aromatic rings. The first-order valence-corrected chi connectivity index (χ1v) is 8.12. The average Bonchev–Trinajstić information content (AvgIpc) is 2.92. The molecule has 0 bridgehead atoms. The summed E-state index contributed by atoms with van der Waals surface area (Å²) in [6, 6.07) is 6.24. The molecule has 1 saturated heterocycles. The van der Waals surface area contributed by atoms with Crippen LogP contribution in [0.2, 0.25) is 0 Å². The molecule has 3 rings (SSSR count). The van der Waals surface area contributed by atoms with E-state index in [4.69, 9.17) is 14.9 Å². The van der Waals surface area contributed by atoms with Crippen molar-refractivity contribution in [2.24, 2.45) is 11.7 Å². The summed E-state index contributed by atoms with van der Waals surface area (Å²) >= 11 is 0. The van der Waals surface area contributed by atoms with Crippen LogP contribution in [-0.4, -0.2) is 40.3 Å². The van der Waals surface area contributed by atoms with Gasteiger partial charge in [0.1, 0.15) is 17.2 Å². The zero-order valence-corrected chi connectivity index (χ0v) is 14.4. The third-order valence-corrected chi connectivity index (χ3v) is 4.28. The van der Waals surface area contributed by atoms with E-state index in [2.05, 4.69) is 0 Å². The van der Waals surface area contributed by atoms with Gasteiger partial charge in [-0.25, -0.2) is 0 Å². The normalized spacial score (nSPS) is 22.4. The van der Waals surface area contributed by atoms with Crippen LogP contribution in [0, 0.1) is 5.92 Å². The highest BCUT2D eigenvalue weighted by Gasteiger charge is 2.49. The molecule has 0 radical (unpaired) electrons. The van der Waals surface area contributed by atoms with Crippen LogP contribution in [-0.2, 0) is 14.3 Å². The lowest BCUT2D eigenvalue weighted by molar-refractivity contribution is -0.176. The Kier molecular flexibility index (Phi) is 4.30. The van der Waals surface area contributed by atoms with Crippen molar-refractivity contribution in [3.05, 3.63) is 36.1 Å². The average molecular weight is 346 g/mol. The highest BCUT2D eigenvalue weighted by Crippen LogP contribution is 2.37. The molecule has 0 aliphatic carbocycles. The number of nitrogens with zero attached hydrogens (tertiary/aromatic N) is 1. The molecular weight excluding hydrogens is 324 g/mol. The van der Waals surface area contributed by atoms with E-state index in [9.17, 15) is 14.7 Å². The molecule has 0 spiro atoms. The van der Waals surface area contributed by atoms with Crippen molar-refractivity contribution in [2.45, 2.75) is 38.6 Å². The zero-order chi connectivity index (χ0) is 18.4. The molecule has 25 heavy (non-hydrogen) atoms. The van der Waals surface area contributed by atoms with Crippen LogP contribution >= 0.6 is 0 Å². The molecule has 0 unspecified atom stereocenters. The smallest absolute Gasteiger partial charge is 0.325 e. The molecule has 1 aromatic carbocycles. The van der Waals surface area contributed by atoms with Gasteiger partial charge in [0, 0.05) is 17.5 Å². The van der Waals surface area contributed by atoms with Crippen molar-refractivity contribution in [1.29, 1.82) is 0 Å². The number of carboxylic acid groups (broad SMARTS) is 1. The van der Waals surface area contributed by atoms with Crippen LogP contribution in [0.25, 0.3) is 11.0 Å². The third-order valence-electron chi connectivity index (χ3n) is 4.28. The predicted molar refractivity (Wildman–Crippen MR) is 90.6 cm³/mol. The fraction of sp³-hybridized carbons (Fsp3) is 0.444. The molecular formula is C18H22N2O5. The third kappa shape index (κ3) is 3.25. The summed E-state index contributed by atoms with van der Waals surface area (Å²) in [5, 5.41) is 10.4. The van der Waals surface area contributed by atoms with Gasteiger partial charge in [-0.05, 0) is 26.8 Å². The summed E-state index contributed by atoms with van der Waals surface area (Å²) in [6.45, 7) is 5.58. The van der Waals surface area contributed by atoms with Gasteiger partial charge in [0.2, 0.25) is 0 Å². The second-order valence-electron chi connectivity index (χ2n) is 7.26. The van der Waals surface area contributed by atoms with E-state index in [-0.39, 0.29) is 6.54 Å². The standard InChI is InChI=1S/C18H22N2O5/c1-18(2,3)25-17(23)11-8-20(15(11)19)14(16(21)22)12-9-24-13-7-5-4-6-10(12)13/h4-7,9,11,14-15H,8,19H2,1-3H3,(H,21,22)/t11-,14-,15-/m1/s1. The lowest BCUT2D eigenvalue weighted by atomic mass is 9.90. The largest absolute Gasteiger partial charge is 0.480 e. The molecule has 3 atom stereocenters. The van der Waals surface area contributed by atoms with Crippen molar-refractivity contribution in [1.82, 2.24) is 4.90 Å². The number of carbonyl (C=O) groups excluding carboxylic acids is 1. The molecule has 1 aliphatic rings. The molecule has 0 saturated carbocycles. The fourth-order valence-corrected chi connectivity index (χ4v) is 3.08. The van der Waals surface area contributed by atoms with Gasteiger partial charge < -0.3 is 20.0 Å². The number of carbonyl (C=O) groups is 2. The van der Waals surface area contributed by atoms with Gasteiger partial charge in [0.25, 0.3) is 0 Å². The maximum absolute atomic E-state index is 12.2. The number of nitrogens with two attached hydrogens (primary N) is 1. The van der Waals surface area contributed by atoms with E-state index in [1.54, 1.807) is 37.8 Å². The minimum absolute atomic E-state index is 0.229. The minimum atomic E-state index is -1.04. The number of hydrogen-bond donors (Lipinski definition) is 2. The summed E-state index contributed by atoms with van der Waals surface area (Å²) in [7, 11) is 0. The molecule has 3 N–H and O–H groups in total. The number of aliphatic carboxylic acids is 1. The van der Waals surface area contributed by atoms with Crippen molar-refractivity contribution in [3.63, 3.8) is 0 Å². The van der Waals surface area contributed by atoms with E-state index in [1.807, 2.05) is 12.1 Å². The number of hydrogen-bond acceptors (Lipinski definition) is 6. The predicted octanol–water partition coefficient (Wildman–Crippen LogP) is 2.12. The lowest BCUT2D eigenvalue weighted by Crippen LogP contribution is -2.66. The minimum Gasteiger partial charge on any atom is -0.480 e. The number of para-hydroxylation sites is 1. The summed E-state index contributed by atoms with van der Waals surface area (Å²) in [5.41, 5.74) is 6.64. The van der Waals surface area contributed by atoms with Gasteiger partial charge in [0.05, 0.1) is 18.3 Å². The summed E-state index contributed by atoms with van der Waals surface area (Å²) in [5.74, 6) is -1.98. The second-order valence-corrected chi connectivity index (χ2v) is 7.26. The van der Waals surface area contributed by atoms with Crippen LogP contribution < -0.4 is 5.73 Å². The van der Waals surface area contributed by atoms with Crippen LogP contribution in [0.5, 0.6) is 0 Å². The Morgan fingerprint density at radius 3 is 2.64 bits per heavy atom. The Labute approximate surface area is 145 Å². The van der Waals surface area contributed by atoms with E-state index in [0.717, 1.165) is 5.39 Å². The van der Waals surface area contributed by atoms with Gasteiger partial charge in [0.15, 0.2) is 0 Å². The number of esters is 1. The zero-order valence-electron chi connectivity index (χ0n) is 14.4. The van der Waals surface area contributed by atoms with E-state index >= 15 is 0 Å². The molecule has 1 fully saturated rings. The van der Waals surface area contributed by atoms with Gasteiger partial charge in [-0.2, -0.15) is 0 Å². The number of carboxylic acids is 1. The molecule has 1 aromatic heterocycles. The topological polar surface area (TPSA) is 106 Å². The summed E-state index contributed by atoms with van der Waals surface area (Å²) in [6.07, 6.45) is 0.723. The molecule has 0 amide bonds. The monoisotopic (exact) mass is 346 g/mol. The molecule has 134 valence electrons. The first-order chi connectivity index (χ1) is 11.7. The van der Waals surface area contributed by atoms with E-state index in [0.29, 0.717) is 11.1 Å². The highest BCUT2D eigenvalue weighted by atomic mass is 16.6. The van der Waals surface area contributed by atoms with Gasteiger partial charge >= 0.3 is 11.9 Å². The number of fused-ring (bicyclic) bond motifs is 1. The molecule has 1 aliphatic heterocycles. The van der Waals surface area contributed by atoms with Gasteiger partial charge in [-0.15, -0.1) is 0 Å². The number of likely N-dealkylation sites (tertiary alicyclic amines) is 1. The Morgan fingerprint density at radius 1 is 1.36 bits per heavy atom. The highest BCUT2D eigenvalue weighted by molar-refractivity contribution is 5.88. The number of rotatable bonds is 4. The maximum atomic E-state index is 12.2. The SMILES string of the molecule is CC(C)(C)OC(=O)[C@@H]1CN([C@@H](C(=O)O)c2coc3ccccc23)[C@H]1N. The van der Waals surface area contributed by atoms with Gasteiger partial charge in [-0.3, -0.25) is 14.5 Å². The van der Waals surface area contributed by atoms with Crippen molar-refractivity contribution >= 4 is 22.9 Å². The molecule has 7 heteroatoms. The Hall–Kier alpha value is -2.38. The maximum Gasteiger partial charge on any atom is 0.325 e. The first kappa shape index (κ1) is 17.4. The lowest BCUT2D eigenvalue weighted by Gasteiger charge is -2.47. The van der Waals surface area contributed by atoms with Crippen LogP contribution in [0.15, 0.2) is 34.9 Å². The number of ether oxygens (including phenoxy) is 1. The van der Waals surface area contributed by atoms with E-state index < -0.39 is 35.7 Å². The second kappa shape index (κ2) is 6.16. The molecule has 7 nitrogen and oxygen atoms in total. The van der Waals surface area contributed by atoms with E-state index in [1.165, 1.54) is 6.26 Å². The fourth-order valence-electron chi connectivity index (χ4n) is 3.08. The van der Waals surface area contributed by atoms with Crippen LogP contribution in [0.3, 0.4) is 0 Å². The first-order valence-electron chi connectivity index (χ1n) is 8.12. The Bertz CT molecular complexity index is 807.